The highest BCUT2D eigenvalue weighted by molar-refractivity contribution is 5.90. The third-order valence-corrected chi connectivity index (χ3v) is 3.89. The van der Waals surface area contributed by atoms with Gasteiger partial charge in [-0.05, 0) is 43.3 Å². The number of hydrogen-bond donors (Lipinski definition) is 0. The van der Waals surface area contributed by atoms with E-state index in [-0.39, 0.29) is 23.6 Å². The number of rotatable bonds is 5. The molecule has 0 saturated heterocycles. The standard InChI is InChI=1S/C19H15F3N2O4/c1-11-15(7-8-17(23-11)19(20,21)22)18(25)27-10-14-9-16(24-28-14)12-3-5-13(26-2)6-4-12/h3-9H,10H2,1-2H3. The molecule has 0 fully saturated rings. The lowest BCUT2D eigenvalue weighted by molar-refractivity contribution is -0.141. The van der Waals surface area contributed by atoms with Crippen molar-refractivity contribution in [2.24, 2.45) is 0 Å². The number of aromatic nitrogens is 2. The van der Waals surface area contributed by atoms with E-state index in [1.807, 2.05) is 0 Å². The van der Waals surface area contributed by atoms with Crippen molar-refractivity contribution >= 4 is 5.97 Å². The second-order valence-electron chi connectivity index (χ2n) is 5.81. The Morgan fingerprint density at radius 1 is 1.14 bits per heavy atom. The molecular weight excluding hydrogens is 377 g/mol. The van der Waals surface area contributed by atoms with Gasteiger partial charge in [-0.15, -0.1) is 0 Å². The number of alkyl halides is 3. The Balaban J connectivity index is 1.66. The highest BCUT2D eigenvalue weighted by atomic mass is 19.4. The number of aryl methyl sites for hydroxylation is 1. The summed E-state index contributed by atoms with van der Waals surface area (Å²) in [5.74, 6) is 0.180. The number of halogens is 3. The zero-order valence-corrected chi connectivity index (χ0v) is 14.9. The Hall–Kier alpha value is -3.36. The van der Waals surface area contributed by atoms with Crippen molar-refractivity contribution in [1.29, 1.82) is 0 Å². The number of ether oxygens (including phenoxy) is 2. The maximum Gasteiger partial charge on any atom is 0.433 e. The first kappa shape index (κ1) is 19.4. The normalized spacial score (nSPS) is 11.3. The monoisotopic (exact) mass is 392 g/mol. The van der Waals surface area contributed by atoms with Crippen molar-refractivity contribution in [3.63, 3.8) is 0 Å². The molecule has 0 atom stereocenters. The lowest BCUT2D eigenvalue weighted by Gasteiger charge is -2.09. The number of carbonyl (C=O) groups excluding carboxylic acids is 1. The van der Waals surface area contributed by atoms with Gasteiger partial charge in [-0.25, -0.2) is 9.78 Å². The third-order valence-electron chi connectivity index (χ3n) is 3.89. The van der Waals surface area contributed by atoms with Crippen molar-refractivity contribution < 1.29 is 32.0 Å². The number of nitrogens with zero attached hydrogens (tertiary/aromatic N) is 2. The summed E-state index contributed by atoms with van der Waals surface area (Å²) in [6, 6.07) is 10.5. The lowest BCUT2D eigenvalue weighted by atomic mass is 10.1. The Bertz CT molecular complexity index is 982. The molecule has 1 aromatic carbocycles. The molecule has 3 aromatic rings. The number of pyridine rings is 1. The molecule has 146 valence electrons. The Kier molecular flexibility index (Phi) is 5.34. The van der Waals surface area contributed by atoms with Crippen LogP contribution in [0.5, 0.6) is 5.75 Å². The summed E-state index contributed by atoms with van der Waals surface area (Å²) >= 11 is 0. The molecule has 0 saturated carbocycles. The van der Waals surface area contributed by atoms with Gasteiger partial charge in [0.2, 0.25) is 0 Å². The van der Waals surface area contributed by atoms with Crippen molar-refractivity contribution in [2.75, 3.05) is 7.11 Å². The van der Waals surface area contributed by atoms with Crippen LogP contribution in [0.2, 0.25) is 0 Å². The first-order valence-electron chi connectivity index (χ1n) is 8.10. The van der Waals surface area contributed by atoms with E-state index in [4.69, 9.17) is 14.0 Å². The Morgan fingerprint density at radius 3 is 2.46 bits per heavy atom. The van der Waals surface area contributed by atoms with Gasteiger partial charge >= 0.3 is 12.1 Å². The van der Waals surface area contributed by atoms with Gasteiger partial charge in [0, 0.05) is 11.6 Å². The largest absolute Gasteiger partial charge is 0.497 e. The highest BCUT2D eigenvalue weighted by Gasteiger charge is 2.33. The van der Waals surface area contributed by atoms with Crippen LogP contribution in [-0.2, 0) is 17.5 Å². The summed E-state index contributed by atoms with van der Waals surface area (Å²) in [4.78, 5) is 15.5. The fraction of sp³-hybridized carbons (Fsp3) is 0.211. The zero-order chi connectivity index (χ0) is 20.3. The Labute approximate surface area is 157 Å². The van der Waals surface area contributed by atoms with E-state index >= 15 is 0 Å². The topological polar surface area (TPSA) is 74.5 Å². The van der Waals surface area contributed by atoms with Crippen LogP contribution in [0, 0.1) is 6.92 Å². The molecule has 0 N–H and O–H groups in total. The van der Waals surface area contributed by atoms with Gasteiger partial charge in [0.15, 0.2) is 12.4 Å². The van der Waals surface area contributed by atoms with Crippen LogP contribution in [0.3, 0.4) is 0 Å². The van der Waals surface area contributed by atoms with Gasteiger partial charge in [0.25, 0.3) is 0 Å². The van der Waals surface area contributed by atoms with Crippen molar-refractivity contribution in [1.82, 2.24) is 10.1 Å². The smallest absolute Gasteiger partial charge is 0.433 e. The molecule has 2 heterocycles. The quantitative estimate of drug-likeness (QED) is 0.598. The Morgan fingerprint density at radius 2 is 1.86 bits per heavy atom. The molecule has 2 aromatic heterocycles. The number of hydrogen-bond acceptors (Lipinski definition) is 6. The van der Waals surface area contributed by atoms with E-state index in [0.717, 1.165) is 17.7 Å². The predicted octanol–water partition coefficient (Wildman–Crippen LogP) is 4.43. The molecule has 3 rings (SSSR count). The SMILES string of the molecule is COc1ccc(-c2cc(COC(=O)c3ccc(C(F)(F)F)nc3C)on2)cc1. The van der Waals surface area contributed by atoms with Gasteiger partial charge in [-0.3, -0.25) is 0 Å². The minimum atomic E-state index is -4.58. The molecule has 0 unspecified atom stereocenters. The van der Waals surface area contributed by atoms with Gasteiger partial charge < -0.3 is 14.0 Å². The summed E-state index contributed by atoms with van der Waals surface area (Å²) in [6.07, 6.45) is -4.58. The molecule has 6 nitrogen and oxygen atoms in total. The van der Waals surface area contributed by atoms with E-state index in [2.05, 4.69) is 10.1 Å². The molecule has 0 bridgehead atoms. The average Bonchev–Trinajstić information content (AvgIpc) is 3.14. The summed E-state index contributed by atoms with van der Waals surface area (Å²) in [5.41, 5.74) is 0.131. The van der Waals surface area contributed by atoms with E-state index in [0.29, 0.717) is 11.4 Å². The molecular formula is C19H15F3N2O4. The number of esters is 1. The second kappa shape index (κ2) is 7.71. The summed E-state index contributed by atoms with van der Waals surface area (Å²) in [6.45, 7) is 1.09. The summed E-state index contributed by atoms with van der Waals surface area (Å²) in [5, 5.41) is 3.90. The molecule has 28 heavy (non-hydrogen) atoms. The molecule has 0 spiro atoms. The van der Waals surface area contributed by atoms with Gasteiger partial charge in [0.1, 0.15) is 17.1 Å². The molecule has 0 amide bonds. The minimum Gasteiger partial charge on any atom is -0.497 e. The van der Waals surface area contributed by atoms with Crippen molar-refractivity contribution in [2.45, 2.75) is 19.7 Å². The summed E-state index contributed by atoms with van der Waals surface area (Å²) in [7, 11) is 1.56. The summed E-state index contributed by atoms with van der Waals surface area (Å²) < 4.78 is 53.3. The minimum absolute atomic E-state index is 0.0529. The zero-order valence-electron chi connectivity index (χ0n) is 14.9. The first-order valence-corrected chi connectivity index (χ1v) is 8.10. The van der Waals surface area contributed by atoms with Crippen molar-refractivity contribution in [3.05, 3.63) is 65.2 Å². The molecule has 0 aliphatic rings. The second-order valence-corrected chi connectivity index (χ2v) is 5.81. The molecule has 0 aliphatic heterocycles. The molecule has 0 radical (unpaired) electrons. The van der Waals surface area contributed by atoms with Crippen LogP contribution in [-0.4, -0.2) is 23.2 Å². The van der Waals surface area contributed by atoms with Gasteiger partial charge in [-0.2, -0.15) is 13.2 Å². The van der Waals surface area contributed by atoms with E-state index in [1.54, 1.807) is 37.4 Å². The van der Waals surface area contributed by atoms with Crippen LogP contribution < -0.4 is 4.74 Å². The number of carbonyl (C=O) groups is 1. The molecule has 0 aliphatic carbocycles. The van der Waals surface area contributed by atoms with Gasteiger partial charge in [0.05, 0.1) is 18.4 Å². The third kappa shape index (κ3) is 4.30. The van der Waals surface area contributed by atoms with E-state index in [9.17, 15) is 18.0 Å². The lowest BCUT2D eigenvalue weighted by Crippen LogP contribution is -2.13. The maximum absolute atomic E-state index is 12.6. The van der Waals surface area contributed by atoms with Crippen LogP contribution in [0.25, 0.3) is 11.3 Å². The van der Waals surface area contributed by atoms with Crippen LogP contribution in [0.15, 0.2) is 47.0 Å². The highest BCUT2D eigenvalue weighted by Crippen LogP contribution is 2.28. The maximum atomic E-state index is 12.6. The number of methoxy groups -OCH3 is 1. The van der Waals surface area contributed by atoms with Crippen molar-refractivity contribution in [3.8, 4) is 17.0 Å². The van der Waals surface area contributed by atoms with Gasteiger partial charge in [-0.1, -0.05) is 5.16 Å². The van der Waals surface area contributed by atoms with E-state index < -0.39 is 17.8 Å². The predicted molar refractivity (Wildman–Crippen MR) is 91.6 cm³/mol. The van der Waals surface area contributed by atoms with Crippen LogP contribution in [0.1, 0.15) is 27.5 Å². The molecule has 9 heteroatoms. The van der Waals surface area contributed by atoms with Crippen LogP contribution in [0.4, 0.5) is 13.2 Å². The average molecular weight is 392 g/mol. The fourth-order valence-corrected chi connectivity index (χ4v) is 2.43. The number of benzene rings is 1. The van der Waals surface area contributed by atoms with Crippen LogP contribution >= 0.6 is 0 Å². The van der Waals surface area contributed by atoms with E-state index in [1.165, 1.54) is 6.92 Å². The fourth-order valence-electron chi connectivity index (χ4n) is 2.43. The first-order chi connectivity index (χ1) is 13.3.